The highest BCUT2D eigenvalue weighted by Gasteiger charge is 2.62. The topological polar surface area (TPSA) is 52.6 Å². The predicted octanol–water partition coefficient (Wildman–Crippen LogP) is 3.67. The van der Waals surface area contributed by atoms with E-state index in [0.717, 1.165) is 12.8 Å². The van der Waals surface area contributed by atoms with Crippen LogP contribution in [0.4, 0.5) is 0 Å². The van der Waals surface area contributed by atoms with Crippen LogP contribution in [-0.4, -0.2) is 25.2 Å². The maximum absolute atomic E-state index is 12.8. The maximum atomic E-state index is 12.8. The molecular weight excluding hydrogens is 292 g/mol. The number of hydrogen-bond donors (Lipinski definition) is 0. The molecule has 4 nitrogen and oxygen atoms in total. The summed E-state index contributed by atoms with van der Waals surface area (Å²) in [4.78, 5) is 25.6. The largest absolute Gasteiger partial charge is 0.465 e. The SMILES string of the molecule is CCOC(=O)C1(C(=O)OCC)CCCC1C(C)(C)C1C=CC=C1. The van der Waals surface area contributed by atoms with Crippen molar-refractivity contribution in [1.82, 2.24) is 0 Å². The first-order valence-corrected chi connectivity index (χ1v) is 8.60. The maximum Gasteiger partial charge on any atom is 0.323 e. The molecule has 0 aromatic rings. The van der Waals surface area contributed by atoms with Crippen LogP contribution >= 0.6 is 0 Å². The molecule has 23 heavy (non-hydrogen) atoms. The zero-order valence-electron chi connectivity index (χ0n) is 14.6. The van der Waals surface area contributed by atoms with Gasteiger partial charge in [-0.15, -0.1) is 0 Å². The van der Waals surface area contributed by atoms with E-state index >= 15 is 0 Å². The second kappa shape index (κ2) is 6.90. The van der Waals surface area contributed by atoms with E-state index in [4.69, 9.17) is 9.47 Å². The molecule has 0 aromatic carbocycles. The van der Waals surface area contributed by atoms with Gasteiger partial charge in [0.1, 0.15) is 0 Å². The van der Waals surface area contributed by atoms with Crippen molar-refractivity contribution in [1.29, 1.82) is 0 Å². The highest BCUT2D eigenvalue weighted by Crippen LogP contribution is 2.56. The summed E-state index contributed by atoms with van der Waals surface area (Å²) in [5.41, 5.74) is -1.39. The number of allylic oxidation sites excluding steroid dienone is 4. The number of hydrogen-bond acceptors (Lipinski definition) is 4. The van der Waals surface area contributed by atoms with Gasteiger partial charge >= 0.3 is 11.9 Å². The van der Waals surface area contributed by atoms with E-state index in [1.165, 1.54) is 0 Å². The van der Waals surface area contributed by atoms with Gasteiger partial charge in [0.15, 0.2) is 5.41 Å². The Morgan fingerprint density at radius 3 is 2.09 bits per heavy atom. The number of rotatable bonds is 6. The van der Waals surface area contributed by atoms with Crippen molar-refractivity contribution in [2.45, 2.75) is 47.0 Å². The van der Waals surface area contributed by atoms with Gasteiger partial charge in [0.05, 0.1) is 13.2 Å². The van der Waals surface area contributed by atoms with Gasteiger partial charge in [-0.3, -0.25) is 9.59 Å². The molecule has 2 aliphatic carbocycles. The van der Waals surface area contributed by atoms with E-state index in [-0.39, 0.29) is 30.5 Å². The molecule has 2 aliphatic rings. The lowest BCUT2D eigenvalue weighted by molar-refractivity contribution is -0.179. The third kappa shape index (κ3) is 2.96. The molecule has 0 aromatic heterocycles. The van der Waals surface area contributed by atoms with Crippen molar-refractivity contribution in [2.75, 3.05) is 13.2 Å². The Hall–Kier alpha value is -1.58. The lowest BCUT2D eigenvalue weighted by Gasteiger charge is -2.43. The first-order valence-electron chi connectivity index (χ1n) is 8.60. The summed E-state index contributed by atoms with van der Waals surface area (Å²) in [6.45, 7) is 8.37. The minimum atomic E-state index is -1.17. The predicted molar refractivity (Wildman–Crippen MR) is 88.6 cm³/mol. The Bertz CT molecular complexity index is 485. The molecule has 2 rings (SSSR count). The van der Waals surface area contributed by atoms with Gasteiger partial charge in [-0.2, -0.15) is 0 Å². The molecule has 0 bridgehead atoms. The van der Waals surface area contributed by atoms with Crippen molar-refractivity contribution >= 4 is 11.9 Å². The number of carbonyl (C=O) groups is 2. The van der Waals surface area contributed by atoms with Crippen LogP contribution in [-0.2, 0) is 19.1 Å². The Morgan fingerprint density at radius 2 is 1.61 bits per heavy atom. The van der Waals surface area contributed by atoms with Gasteiger partial charge in [-0.05, 0) is 38.0 Å². The average molecular weight is 320 g/mol. The summed E-state index contributed by atoms with van der Waals surface area (Å²) >= 11 is 0. The van der Waals surface area contributed by atoms with Crippen LogP contribution in [0.15, 0.2) is 24.3 Å². The van der Waals surface area contributed by atoms with Crippen molar-refractivity contribution in [3.8, 4) is 0 Å². The molecule has 1 saturated carbocycles. The summed E-state index contributed by atoms with van der Waals surface area (Å²) in [5.74, 6) is -0.709. The van der Waals surface area contributed by atoms with Crippen molar-refractivity contribution < 1.29 is 19.1 Å². The molecule has 4 heteroatoms. The first kappa shape index (κ1) is 17.8. The van der Waals surface area contributed by atoms with Gasteiger partial charge < -0.3 is 9.47 Å². The Balaban J connectivity index is 2.42. The smallest absolute Gasteiger partial charge is 0.323 e. The Morgan fingerprint density at radius 1 is 1.09 bits per heavy atom. The summed E-state index contributed by atoms with van der Waals surface area (Å²) in [6, 6.07) is 0. The normalized spacial score (nSPS) is 23.2. The summed E-state index contributed by atoms with van der Waals surface area (Å²) in [6.07, 6.45) is 10.5. The molecule has 0 aliphatic heterocycles. The van der Waals surface area contributed by atoms with Crippen molar-refractivity contribution in [3.63, 3.8) is 0 Å². The lowest BCUT2D eigenvalue weighted by Crippen LogP contribution is -2.50. The zero-order valence-corrected chi connectivity index (χ0v) is 14.6. The Labute approximate surface area is 138 Å². The zero-order chi connectivity index (χ0) is 17.1. The van der Waals surface area contributed by atoms with Gasteiger partial charge in [0.25, 0.3) is 0 Å². The van der Waals surface area contributed by atoms with Crippen LogP contribution < -0.4 is 0 Å². The molecule has 1 unspecified atom stereocenters. The standard InChI is InChI=1S/C19H28O4/c1-5-22-16(20)19(17(21)23-6-2)13-9-12-15(19)18(3,4)14-10-7-8-11-14/h7-8,10-11,14-15H,5-6,9,12-13H2,1-4H3. The molecule has 0 N–H and O–H groups in total. The van der Waals surface area contributed by atoms with E-state index in [2.05, 4.69) is 26.0 Å². The summed E-state index contributed by atoms with van der Waals surface area (Å²) in [7, 11) is 0. The molecule has 1 atom stereocenters. The minimum absolute atomic E-state index is 0.0921. The fraction of sp³-hybridized carbons (Fsp3) is 0.684. The van der Waals surface area contributed by atoms with E-state index in [1.807, 2.05) is 12.2 Å². The van der Waals surface area contributed by atoms with Crippen LogP contribution in [0.2, 0.25) is 0 Å². The van der Waals surface area contributed by atoms with E-state index in [0.29, 0.717) is 6.42 Å². The fourth-order valence-corrected chi connectivity index (χ4v) is 4.26. The van der Waals surface area contributed by atoms with E-state index < -0.39 is 17.4 Å². The molecule has 0 radical (unpaired) electrons. The van der Waals surface area contributed by atoms with Crippen LogP contribution in [0.5, 0.6) is 0 Å². The molecule has 128 valence electrons. The molecule has 0 spiro atoms. The van der Waals surface area contributed by atoms with E-state index in [1.54, 1.807) is 13.8 Å². The summed E-state index contributed by atoms with van der Waals surface area (Å²) < 4.78 is 10.6. The monoisotopic (exact) mass is 320 g/mol. The van der Waals surface area contributed by atoms with Gasteiger partial charge in [0.2, 0.25) is 0 Å². The van der Waals surface area contributed by atoms with Gasteiger partial charge in [-0.1, -0.05) is 44.6 Å². The van der Waals surface area contributed by atoms with Crippen LogP contribution in [0.3, 0.4) is 0 Å². The molecular formula is C19H28O4. The van der Waals surface area contributed by atoms with Crippen molar-refractivity contribution in [2.24, 2.45) is 22.7 Å². The van der Waals surface area contributed by atoms with Gasteiger partial charge in [0, 0.05) is 5.92 Å². The highest BCUT2D eigenvalue weighted by atomic mass is 16.6. The highest BCUT2D eigenvalue weighted by molar-refractivity contribution is 6.01. The second-order valence-electron chi connectivity index (χ2n) is 6.97. The van der Waals surface area contributed by atoms with E-state index in [9.17, 15) is 9.59 Å². The molecule has 0 heterocycles. The molecule has 0 amide bonds. The average Bonchev–Trinajstić information content (AvgIpc) is 3.18. The quantitative estimate of drug-likeness (QED) is 0.553. The van der Waals surface area contributed by atoms with Gasteiger partial charge in [-0.25, -0.2) is 0 Å². The fourth-order valence-electron chi connectivity index (χ4n) is 4.26. The summed E-state index contributed by atoms with van der Waals surface area (Å²) in [5, 5.41) is 0. The third-order valence-electron chi connectivity index (χ3n) is 5.44. The number of esters is 2. The number of ether oxygens (including phenoxy) is 2. The van der Waals surface area contributed by atoms with Crippen LogP contribution in [0.1, 0.15) is 47.0 Å². The minimum Gasteiger partial charge on any atom is -0.465 e. The Kier molecular flexibility index (Phi) is 5.33. The molecule has 1 fully saturated rings. The van der Waals surface area contributed by atoms with Crippen LogP contribution in [0.25, 0.3) is 0 Å². The third-order valence-corrected chi connectivity index (χ3v) is 5.44. The second-order valence-corrected chi connectivity index (χ2v) is 6.97. The lowest BCUT2D eigenvalue weighted by atomic mass is 9.60. The van der Waals surface area contributed by atoms with Crippen molar-refractivity contribution in [3.05, 3.63) is 24.3 Å². The van der Waals surface area contributed by atoms with Crippen LogP contribution in [0, 0.1) is 22.7 Å². The first-order chi connectivity index (χ1) is 10.9. The molecule has 0 saturated heterocycles. The number of carbonyl (C=O) groups excluding carboxylic acids is 2.